The quantitative estimate of drug-likeness (QED) is 0.659. The van der Waals surface area contributed by atoms with Crippen LogP contribution in [-0.2, 0) is 0 Å². The largest absolute Gasteiger partial charge is 0.368 e. The number of rotatable bonds is 4. The van der Waals surface area contributed by atoms with Gasteiger partial charge in [0.25, 0.3) is 5.91 Å². The van der Waals surface area contributed by atoms with Gasteiger partial charge in [-0.3, -0.25) is 9.78 Å². The minimum atomic E-state index is -0.787. The molecule has 7 nitrogen and oxygen atoms in total. The average Bonchev–Trinajstić information content (AvgIpc) is 3.17. The van der Waals surface area contributed by atoms with Crippen molar-refractivity contribution in [2.45, 2.75) is 19.4 Å². The van der Waals surface area contributed by atoms with Gasteiger partial charge in [-0.05, 0) is 42.1 Å². The molecule has 156 valence electrons. The maximum Gasteiger partial charge on any atom is 0.286 e. The van der Waals surface area contributed by atoms with Crippen molar-refractivity contribution >= 4 is 28.8 Å². The number of benzene rings is 1. The highest BCUT2D eigenvalue weighted by Gasteiger charge is 2.25. The molecule has 3 heterocycles. The van der Waals surface area contributed by atoms with Crippen LogP contribution in [-0.4, -0.2) is 39.4 Å². The third kappa shape index (κ3) is 4.14. The topological polar surface area (TPSA) is 97.0 Å². The minimum Gasteiger partial charge on any atom is -0.368 e. The van der Waals surface area contributed by atoms with E-state index in [9.17, 15) is 13.6 Å². The van der Waals surface area contributed by atoms with Gasteiger partial charge in [-0.1, -0.05) is 13.0 Å². The van der Waals surface area contributed by atoms with E-state index in [0.29, 0.717) is 18.2 Å². The molecule has 0 spiro atoms. The van der Waals surface area contributed by atoms with Gasteiger partial charge in [-0.25, -0.2) is 13.8 Å². The van der Waals surface area contributed by atoms with E-state index in [2.05, 4.69) is 31.5 Å². The summed E-state index contributed by atoms with van der Waals surface area (Å²) in [6.45, 7) is 3.62. The van der Waals surface area contributed by atoms with Crippen LogP contribution in [0.1, 0.15) is 23.1 Å². The zero-order chi connectivity index (χ0) is 21.3. The molecule has 0 bridgehead atoms. The number of nitrogens with zero attached hydrogens (tertiary/aromatic N) is 4. The maximum atomic E-state index is 14.0. The average molecular weight is 430 g/mol. The first kappa shape index (κ1) is 20.3. The van der Waals surface area contributed by atoms with Gasteiger partial charge < -0.3 is 16.0 Å². The van der Waals surface area contributed by atoms with Crippen LogP contribution in [0.4, 0.5) is 20.2 Å². The van der Waals surface area contributed by atoms with Crippen molar-refractivity contribution in [1.29, 1.82) is 0 Å². The number of nitrogens with one attached hydrogen (secondary N) is 1. The third-order valence-corrected chi connectivity index (χ3v) is 5.60. The molecule has 1 aliphatic rings. The smallest absolute Gasteiger partial charge is 0.286 e. The molecule has 10 heteroatoms. The van der Waals surface area contributed by atoms with Gasteiger partial charge in [0, 0.05) is 25.3 Å². The monoisotopic (exact) mass is 430 g/mol. The fraction of sp³-hybridized carbons (Fsp3) is 0.300. The van der Waals surface area contributed by atoms with Crippen LogP contribution in [0.25, 0.3) is 11.4 Å². The van der Waals surface area contributed by atoms with Gasteiger partial charge in [0.2, 0.25) is 5.01 Å². The zero-order valence-corrected chi connectivity index (χ0v) is 17.0. The second-order valence-corrected chi connectivity index (χ2v) is 8.12. The molecule has 2 aromatic heterocycles. The fourth-order valence-electron chi connectivity index (χ4n) is 3.66. The third-order valence-electron chi connectivity index (χ3n) is 4.89. The lowest BCUT2D eigenvalue weighted by atomic mass is 9.96. The van der Waals surface area contributed by atoms with E-state index in [-0.39, 0.29) is 22.4 Å². The molecular formula is C20H20F2N6OS. The molecule has 1 fully saturated rings. The number of hydrogen-bond acceptors (Lipinski definition) is 7. The highest BCUT2D eigenvalue weighted by molar-refractivity contribution is 7.08. The number of amides is 1. The number of nitrogens with two attached hydrogens (primary N) is 1. The van der Waals surface area contributed by atoms with Crippen molar-refractivity contribution in [3.63, 3.8) is 0 Å². The summed E-state index contributed by atoms with van der Waals surface area (Å²) in [7, 11) is 0. The highest BCUT2D eigenvalue weighted by Crippen LogP contribution is 2.30. The Morgan fingerprint density at radius 1 is 1.27 bits per heavy atom. The van der Waals surface area contributed by atoms with E-state index < -0.39 is 17.5 Å². The number of pyridine rings is 1. The first-order valence-corrected chi connectivity index (χ1v) is 10.2. The van der Waals surface area contributed by atoms with Crippen LogP contribution < -0.4 is 16.0 Å². The van der Waals surface area contributed by atoms with Crippen LogP contribution in [0, 0.1) is 17.6 Å². The molecule has 1 aliphatic heterocycles. The molecule has 1 aromatic carbocycles. The number of piperidine rings is 1. The molecule has 0 aliphatic carbocycles. The normalized spacial score (nSPS) is 19.0. The molecule has 4 rings (SSSR count). The van der Waals surface area contributed by atoms with Gasteiger partial charge in [0.15, 0.2) is 5.82 Å². The summed E-state index contributed by atoms with van der Waals surface area (Å²) in [6.07, 6.45) is 4.15. The first-order chi connectivity index (χ1) is 14.4. The van der Waals surface area contributed by atoms with Crippen LogP contribution in [0.3, 0.4) is 0 Å². The van der Waals surface area contributed by atoms with Crippen molar-refractivity contribution in [1.82, 2.24) is 14.3 Å². The molecule has 1 amide bonds. The lowest BCUT2D eigenvalue weighted by Crippen LogP contribution is -2.46. The molecule has 30 heavy (non-hydrogen) atoms. The Labute approximate surface area is 176 Å². The summed E-state index contributed by atoms with van der Waals surface area (Å²) in [5.74, 6) is -1.84. The molecule has 0 saturated carbocycles. The second kappa shape index (κ2) is 8.41. The van der Waals surface area contributed by atoms with Gasteiger partial charge in [0.1, 0.15) is 11.6 Å². The lowest BCUT2D eigenvalue weighted by molar-refractivity contribution is 0.102. The van der Waals surface area contributed by atoms with Gasteiger partial charge >= 0.3 is 0 Å². The molecule has 0 unspecified atom stereocenters. The van der Waals surface area contributed by atoms with Gasteiger partial charge in [0.05, 0.1) is 23.1 Å². The van der Waals surface area contributed by atoms with Crippen molar-refractivity contribution in [3.05, 3.63) is 53.3 Å². The predicted molar refractivity (Wildman–Crippen MR) is 111 cm³/mol. The molecule has 3 N–H and O–H groups in total. The van der Waals surface area contributed by atoms with Crippen molar-refractivity contribution in [3.8, 4) is 11.4 Å². The molecule has 1 saturated heterocycles. The number of carbonyl (C=O) groups is 1. The minimum absolute atomic E-state index is 0.00818. The number of halogens is 2. The van der Waals surface area contributed by atoms with Gasteiger partial charge in [-0.2, -0.15) is 4.37 Å². The Morgan fingerprint density at radius 2 is 2.03 bits per heavy atom. The highest BCUT2D eigenvalue weighted by atomic mass is 32.1. The lowest BCUT2D eigenvalue weighted by Gasteiger charge is -2.37. The van der Waals surface area contributed by atoms with E-state index in [4.69, 9.17) is 5.73 Å². The first-order valence-electron chi connectivity index (χ1n) is 9.46. The summed E-state index contributed by atoms with van der Waals surface area (Å²) in [4.78, 5) is 23.0. The molecule has 3 aromatic rings. The number of hydrogen-bond donors (Lipinski definition) is 2. The van der Waals surface area contributed by atoms with E-state index in [1.54, 1.807) is 12.4 Å². The second-order valence-electron chi connectivity index (χ2n) is 7.37. The zero-order valence-electron chi connectivity index (χ0n) is 16.2. The van der Waals surface area contributed by atoms with E-state index in [1.165, 1.54) is 6.07 Å². The molecule has 0 radical (unpaired) electrons. The Balaban J connectivity index is 1.57. The van der Waals surface area contributed by atoms with Crippen LogP contribution in [0.2, 0.25) is 0 Å². The van der Waals surface area contributed by atoms with Crippen molar-refractivity contribution in [2.24, 2.45) is 11.7 Å². The van der Waals surface area contributed by atoms with Crippen LogP contribution in [0.5, 0.6) is 0 Å². The number of anilines is 2. The standard InChI is InChI=1S/C20H20F2N6OS/c1-11-7-12(23)10-28(9-11)16-5-6-24-8-15(16)25-19(29)20-26-18(27-30-20)17-13(21)3-2-4-14(17)22/h2-6,8,11-12H,7,9-10,23H2,1H3,(H,25,29)/t11-,12+/m1/s1. The Morgan fingerprint density at radius 3 is 2.77 bits per heavy atom. The van der Waals surface area contributed by atoms with E-state index in [1.807, 2.05) is 6.07 Å². The summed E-state index contributed by atoms with van der Waals surface area (Å²) < 4.78 is 31.9. The maximum absolute atomic E-state index is 14.0. The van der Waals surface area contributed by atoms with Crippen molar-refractivity contribution in [2.75, 3.05) is 23.3 Å². The van der Waals surface area contributed by atoms with Crippen molar-refractivity contribution < 1.29 is 13.6 Å². The van der Waals surface area contributed by atoms with Crippen LogP contribution in [0.15, 0.2) is 36.7 Å². The Hall–Kier alpha value is -2.98. The Bertz CT molecular complexity index is 1040. The summed E-state index contributed by atoms with van der Waals surface area (Å²) in [5, 5.41) is 2.78. The summed E-state index contributed by atoms with van der Waals surface area (Å²) in [6, 6.07) is 5.36. The fourth-order valence-corrected chi connectivity index (χ4v) is 4.23. The van der Waals surface area contributed by atoms with Crippen LogP contribution >= 0.6 is 11.5 Å². The molecular weight excluding hydrogens is 410 g/mol. The van der Waals surface area contributed by atoms with Gasteiger partial charge in [-0.15, -0.1) is 0 Å². The van der Waals surface area contributed by atoms with E-state index >= 15 is 0 Å². The number of aromatic nitrogens is 3. The number of carbonyl (C=O) groups excluding carboxylic acids is 1. The SMILES string of the molecule is C[C@@H]1C[C@H](N)CN(c2ccncc2NC(=O)c2nc(-c3c(F)cccc3F)ns2)C1. The Kier molecular flexibility index (Phi) is 5.69. The molecule has 2 atom stereocenters. The van der Waals surface area contributed by atoms with E-state index in [0.717, 1.165) is 42.3 Å². The predicted octanol–water partition coefficient (Wildman–Crippen LogP) is 3.30. The summed E-state index contributed by atoms with van der Waals surface area (Å²) >= 11 is 0.771. The summed E-state index contributed by atoms with van der Waals surface area (Å²) in [5.41, 5.74) is 7.12.